The van der Waals surface area contributed by atoms with Crippen LogP contribution < -0.4 is 5.32 Å². The first-order valence-corrected chi connectivity index (χ1v) is 7.98. The zero-order valence-corrected chi connectivity index (χ0v) is 12.4. The minimum Gasteiger partial charge on any atom is -0.325 e. The van der Waals surface area contributed by atoms with Gasteiger partial charge in [0, 0.05) is 22.2 Å². The first kappa shape index (κ1) is 13.5. The Bertz CT molecular complexity index is 644. The van der Waals surface area contributed by atoms with E-state index in [-0.39, 0.29) is 11.8 Å². The van der Waals surface area contributed by atoms with E-state index in [0.29, 0.717) is 5.88 Å². The molecule has 0 fully saturated rings. The zero-order chi connectivity index (χ0) is 13.9. The predicted octanol–water partition coefficient (Wildman–Crippen LogP) is 4.25. The number of carbonyl (C=O) groups is 1. The van der Waals surface area contributed by atoms with Crippen molar-refractivity contribution in [1.29, 1.82) is 0 Å². The van der Waals surface area contributed by atoms with Gasteiger partial charge in [-0.2, -0.15) is 0 Å². The molecule has 4 heteroatoms. The van der Waals surface area contributed by atoms with Gasteiger partial charge in [0.2, 0.25) is 5.91 Å². The van der Waals surface area contributed by atoms with Crippen molar-refractivity contribution in [2.45, 2.75) is 16.7 Å². The summed E-state index contributed by atoms with van der Waals surface area (Å²) in [6.07, 6.45) is 0. The normalized spacial score (nSPS) is 16.8. The van der Waals surface area contributed by atoms with Gasteiger partial charge >= 0.3 is 0 Å². The number of carbonyl (C=O) groups excluding carboxylic acids is 1. The number of hydrogen-bond donors (Lipinski definition) is 1. The van der Waals surface area contributed by atoms with E-state index in [1.807, 2.05) is 42.5 Å². The third-order valence-corrected chi connectivity index (χ3v) is 4.91. The molecule has 0 aromatic heterocycles. The molecule has 0 spiro atoms. The van der Waals surface area contributed by atoms with Gasteiger partial charge in [-0.15, -0.1) is 23.4 Å². The molecular weight excluding hydrogens is 290 g/mol. The van der Waals surface area contributed by atoms with Crippen LogP contribution >= 0.6 is 23.4 Å². The zero-order valence-electron chi connectivity index (χ0n) is 10.8. The van der Waals surface area contributed by atoms with E-state index in [4.69, 9.17) is 11.6 Å². The third kappa shape index (κ3) is 2.56. The molecule has 2 aromatic rings. The lowest BCUT2D eigenvalue weighted by molar-refractivity contribution is -0.117. The highest BCUT2D eigenvalue weighted by Gasteiger charge is 2.29. The van der Waals surface area contributed by atoms with Gasteiger partial charge in [0.15, 0.2) is 0 Å². The van der Waals surface area contributed by atoms with Gasteiger partial charge in [-0.3, -0.25) is 4.79 Å². The van der Waals surface area contributed by atoms with Crippen molar-refractivity contribution in [3.8, 4) is 0 Å². The Kier molecular flexibility index (Phi) is 3.99. The SMILES string of the molecule is O=C(Nc1ccccc1CCl)C1CSc2ccccc21. The van der Waals surface area contributed by atoms with Gasteiger partial charge in [-0.1, -0.05) is 36.4 Å². The number of anilines is 1. The molecule has 1 aliphatic heterocycles. The van der Waals surface area contributed by atoms with Gasteiger partial charge in [0.05, 0.1) is 5.92 Å². The highest BCUT2D eigenvalue weighted by molar-refractivity contribution is 7.99. The van der Waals surface area contributed by atoms with Gasteiger partial charge < -0.3 is 5.32 Å². The molecule has 2 aromatic carbocycles. The Labute approximate surface area is 127 Å². The van der Waals surface area contributed by atoms with Crippen LogP contribution in [0.15, 0.2) is 53.4 Å². The Balaban J connectivity index is 1.81. The smallest absolute Gasteiger partial charge is 0.232 e. The number of amides is 1. The Morgan fingerprint density at radius 3 is 2.80 bits per heavy atom. The van der Waals surface area contributed by atoms with Crippen molar-refractivity contribution in [1.82, 2.24) is 0 Å². The van der Waals surface area contributed by atoms with Crippen molar-refractivity contribution in [3.63, 3.8) is 0 Å². The topological polar surface area (TPSA) is 29.1 Å². The molecule has 0 aliphatic carbocycles. The number of benzene rings is 2. The predicted molar refractivity (Wildman–Crippen MR) is 84.5 cm³/mol. The van der Waals surface area contributed by atoms with E-state index in [9.17, 15) is 4.79 Å². The average Bonchev–Trinajstić information content (AvgIpc) is 2.92. The van der Waals surface area contributed by atoms with Crippen molar-refractivity contribution < 1.29 is 4.79 Å². The Hall–Kier alpha value is -1.45. The van der Waals surface area contributed by atoms with Crippen molar-refractivity contribution >= 4 is 35.0 Å². The summed E-state index contributed by atoms with van der Waals surface area (Å²) in [5.41, 5.74) is 2.88. The maximum absolute atomic E-state index is 12.5. The summed E-state index contributed by atoms with van der Waals surface area (Å²) in [6, 6.07) is 15.8. The lowest BCUT2D eigenvalue weighted by atomic mass is 10.0. The molecule has 1 N–H and O–H groups in total. The minimum absolute atomic E-state index is 0.0417. The number of hydrogen-bond acceptors (Lipinski definition) is 2. The number of para-hydroxylation sites is 1. The van der Waals surface area contributed by atoms with Crippen molar-refractivity contribution in [2.75, 3.05) is 11.1 Å². The Morgan fingerprint density at radius 2 is 1.95 bits per heavy atom. The molecule has 1 unspecified atom stereocenters. The number of fused-ring (bicyclic) bond motifs is 1. The summed E-state index contributed by atoms with van der Waals surface area (Å²) < 4.78 is 0. The van der Waals surface area contributed by atoms with Crippen LogP contribution in [0.1, 0.15) is 17.0 Å². The summed E-state index contributed by atoms with van der Waals surface area (Å²) in [6.45, 7) is 0. The van der Waals surface area contributed by atoms with Crippen LogP contribution in [0.5, 0.6) is 0 Å². The fraction of sp³-hybridized carbons (Fsp3) is 0.188. The molecule has 1 aliphatic rings. The fourth-order valence-electron chi connectivity index (χ4n) is 2.36. The van der Waals surface area contributed by atoms with Gasteiger partial charge in [-0.25, -0.2) is 0 Å². The van der Waals surface area contributed by atoms with Crippen molar-refractivity contribution in [2.24, 2.45) is 0 Å². The largest absolute Gasteiger partial charge is 0.325 e. The molecule has 2 nitrogen and oxygen atoms in total. The summed E-state index contributed by atoms with van der Waals surface area (Å²) in [5, 5.41) is 3.01. The van der Waals surface area contributed by atoms with Gasteiger partial charge in [0.1, 0.15) is 0 Å². The highest BCUT2D eigenvalue weighted by Crippen LogP contribution is 2.39. The van der Waals surface area contributed by atoms with E-state index >= 15 is 0 Å². The minimum atomic E-state index is -0.0837. The number of halogens is 1. The van der Waals surface area contributed by atoms with E-state index in [0.717, 1.165) is 22.6 Å². The number of alkyl halides is 1. The molecule has 1 atom stereocenters. The summed E-state index contributed by atoms with van der Waals surface area (Å²) in [4.78, 5) is 13.7. The second kappa shape index (κ2) is 5.90. The molecule has 1 heterocycles. The second-order valence-electron chi connectivity index (χ2n) is 4.68. The molecule has 102 valence electrons. The molecule has 0 saturated carbocycles. The molecule has 1 amide bonds. The van der Waals surface area contributed by atoms with Gasteiger partial charge in [-0.05, 0) is 23.3 Å². The standard InChI is InChI=1S/C16H14ClNOS/c17-9-11-5-1-3-7-14(11)18-16(19)13-10-20-15-8-4-2-6-12(13)15/h1-8,13H,9-10H2,(H,18,19). The van der Waals surface area contributed by atoms with Crippen molar-refractivity contribution in [3.05, 3.63) is 59.7 Å². The summed E-state index contributed by atoms with van der Waals surface area (Å²) in [5.74, 6) is 1.15. The van der Waals surface area contributed by atoms with Crippen LogP contribution in [0.3, 0.4) is 0 Å². The van der Waals surface area contributed by atoms with Crippen LogP contribution in [0.4, 0.5) is 5.69 Å². The van der Waals surface area contributed by atoms with Crippen LogP contribution in [0, 0.1) is 0 Å². The van der Waals surface area contributed by atoms with E-state index < -0.39 is 0 Å². The number of rotatable bonds is 3. The van der Waals surface area contributed by atoms with E-state index in [1.54, 1.807) is 11.8 Å². The maximum atomic E-state index is 12.5. The highest BCUT2D eigenvalue weighted by atomic mass is 35.5. The van der Waals surface area contributed by atoms with E-state index in [2.05, 4.69) is 11.4 Å². The summed E-state index contributed by atoms with van der Waals surface area (Å²) >= 11 is 7.64. The second-order valence-corrected chi connectivity index (χ2v) is 6.01. The van der Waals surface area contributed by atoms with Crippen LogP contribution in [0.2, 0.25) is 0 Å². The molecule has 0 saturated heterocycles. The van der Waals surface area contributed by atoms with Gasteiger partial charge in [0.25, 0.3) is 0 Å². The Morgan fingerprint density at radius 1 is 1.20 bits per heavy atom. The number of nitrogens with one attached hydrogen (secondary N) is 1. The molecular formula is C16H14ClNOS. The average molecular weight is 304 g/mol. The van der Waals surface area contributed by atoms with Crippen LogP contribution in [-0.2, 0) is 10.7 Å². The van der Waals surface area contributed by atoms with Crippen LogP contribution in [-0.4, -0.2) is 11.7 Å². The first-order chi connectivity index (χ1) is 9.79. The fourth-order valence-corrected chi connectivity index (χ4v) is 3.82. The first-order valence-electron chi connectivity index (χ1n) is 6.46. The lowest BCUT2D eigenvalue weighted by Crippen LogP contribution is -2.21. The third-order valence-electron chi connectivity index (χ3n) is 3.44. The monoisotopic (exact) mass is 303 g/mol. The van der Waals surface area contributed by atoms with Crippen LogP contribution in [0.25, 0.3) is 0 Å². The lowest BCUT2D eigenvalue weighted by Gasteiger charge is -2.13. The summed E-state index contributed by atoms with van der Waals surface area (Å²) in [7, 11) is 0. The number of thioether (sulfide) groups is 1. The molecule has 20 heavy (non-hydrogen) atoms. The maximum Gasteiger partial charge on any atom is 0.232 e. The van der Waals surface area contributed by atoms with E-state index in [1.165, 1.54) is 4.90 Å². The quantitative estimate of drug-likeness (QED) is 0.859. The molecule has 3 rings (SSSR count). The molecule has 0 radical (unpaired) electrons. The molecule has 0 bridgehead atoms.